The summed E-state index contributed by atoms with van der Waals surface area (Å²) in [7, 11) is 3.02. The van der Waals surface area contributed by atoms with Crippen molar-refractivity contribution < 1.29 is 19.1 Å². The zero-order valence-electron chi connectivity index (χ0n) is 12.0. The van der Waals surface area contributed by atoms with Gasteiger partial charge in [0.05, 0.1) is 13.5 Å². The van der Waals surface area contributed by atoms with Crippen LogP contribution in [0.4, 0.5) is 0 Å². The molecular formula is C13H24N2O4. The highest BCUT2D eigenvalue weighted by Crippen LogP contribution is 2.03. The third kappa shape index (κ3) is 10.1. The zero-order valence-corrected chi connectivity index (χ0v) is 12.0. The molecule has 110 valence electrons. The number of carbonyl (C=O) groups is 3. The Morgan fingerprint density at radius 3 is 2.37 bits per heavy atom. The van der Waals surface area contributed by atoms with Gasteiger partial charge < -0.3 is 15.0 Å². The minimum Gasteiger partial charge on any atom is -0.469 e. The van der Waals surface area contributed by atoms with Gasteiger partial charge in [0.2, 0.25) is 11.8 Å². The van der Waals surface area contributed by atoms with Crippen LogP contribution >= 0.6 is 0 Å². The topological polar surface area (TPSA) is 75.7 Å². The van der Waals surface area contributed by atoms with Gasteiger partial charge in [-0.05, 0) is 12.8 Å². The average Bonchev–Trinajstić information content (AvgIpc) is 2.38. The molecule has 6 nitrogen and oxygen atoms in total. The lowest BCUT2D eigenvalue weighted by molar-refractivity contribution is -0.141. The Bertz CT molecular complexity index is 305. The van der Waals surface area contributed by atoms with E-state index in [1.807, 2.05) is 0 Å². The number of hydrogen-bond donors (Lipinski definition) is 1. The second-order valence-electron chi connectivity index (χ2n) is 4.44. The molecule has 0 radical (unpaired) electrons. The Hall–Kier alpha value is -1.59. The van der Waals surface area contributed by atoms with E-state index in [-0.39, 0.29) is 24.2 Å². The van der Waals surface area contributed by atoms with Gasteiger partial charge in [0.25, 0.3) is 0 Å². The summed E-state index contributed by atoms with van der Waals surface area (Å²) in [4.78, 5) is 34.8. The molecule has 0 saturated heterocycles. The van der Waals surface area contributed by atoms with Crippen molar-refractivity contribution in [1.29, 1.82) is 0 Å². The quantitative estimate of drug-likeness (QED) is 0.495. The van der Waals surface area contributed by atoms with Gasteiger partial charge >= 0.3 is 5.97 Å². The van der Waals surface area contributed by atoms with Crippen molar-refractivity contribution in [2.24, 2.45) is 0 Å². The second kappa shape index (κ2) is 10.3. The predicted molar refractivity (Wildman–Crippen MR) is 71.4 cm³/mol. The van der Waals surface area contributed by atoms with E-state index in [2.05, 4.69) is 10.1 Å². The lowest BCUT2D eigenvalue weighted by Crippen LogP contribution is -2.29. The maximum Gasteiger partial charge on any atom is 0.307 e. The summed E-state index contributed by atoms with van der Waals surface area (Å²) in [5.74, 6) is -0.308. The molecule has 0 bridgehead atoms. The van der Waals surface area contributed by atoms with E-state index in [1.165, 1.54) is 14.0 Å². The van der Waals surface area contributed by atoms with E-state index >= 15 is 0 Å². The maximum atomic E-state index is 11.7. The van der Waals surface area contributed by atoms with Gasteiger partial charge in [-0.3, -0.25) is 14.4 Å². The summed E-state index contributed by atoms with van der Waals surface area (Å²) in [6, 6.07) is 0. The summed E-state index contributed by atoms with van der Waals surface area (Å²) < 4.78 is 4.51. The molecule has 0 aromatic heterocycles. The lowest BCUT2D eigenvalue weighted by Gasteiger charge is -2.16. The molecule has 1 N–H and O–H groups in total. The van der Waals surface area contributed by atoms with Crippen molar-refractivity contribution in [3.63, 3.8) is 0 Å². The molecule has 0 saturated carbocycles. The minimum atomic E-state index is -0.310. The number of hydrogen-bond acceptors (Lipinski definition) is 4. The van der Waals surface area contributed by atoms with Crippen molar-refractivity contribution in [3.8, 4) is 0 Å². The number of nitrogens with one attached hydrogen (secondary N) is 1. The Kier molecular flexibility index (Phi) is 9.48. The molecule has 0 aliphatic heterocycles. The minimum absolute atomic E-state index is 0.0291. The van der Waals surface area contributed by atoms with Crippen LogP contribution in [0.1, 0.15) is 39.0 Å². The summed E-state index contributed by atoms with van der Waals surface area (Å²) in [5, 5.41) is 2.71. The summed E-state index contributed by atoms with van der Waals surface area (Å²) in [6.45, 7) is 2.53. The van der Waals surface area contributed by atoms with Crippen LogP contribution in [0.3, 0.4) is 0 Å². The van der Waals surface area contributed by atoms with Crippen molar-refractivity contribution >= 4 is 17.8 Å². The molecule has 0 unspecified atom stereocenters. The highest BCUT2D eigenvalue weighted by molar-refractivity contribution is 5.77. The van der Waals surface area contributed by atoms with Gasteiger partial charge in [0.15, 0.2) is 0 Å². The number of ether oxygens (including phenoxy) is 1. The maximum absolute atomic E-state index is 11.7. The monoisotopic (exact) mass is 272 g/mol. The predicted octanol–water partition coefficient (Wildman–Crippen LogP) is 0.704. The van der Waals surface area contributed by atoms with Gasteiger partial charge in [-0.15, -0.1) is 0 Å². The van der Waals surface area contributed by atoms with Crippen LogP contribution in [0.25, 0.3) is 0 Å². The highest BCUT2D eigenvalue weighted by Gasteiger charge is 2.10. The van der Waals surface area contributed by atoms with E-state index in [0.29, 0.717) is 19.5 Å². The molecule has 0 heterocycles. The van der Waals surface area contributed by atoms with Gasteiger partial charge in [-0.2, -0.15) is 0 Å². The van der Waals surface area contributed by atoms with Crippen LogP contribution in [0.2, 0.25) is 0 Å². The first-order valence-electron chi connectivity index (χ1n) is 6.52. The van der Waals surface area contributed by atoms with Gasteiger partial charge in [0, 0.05) is 33.5 Å². The fourth-order valence-electron chi connectivity index (χ4n) is 1.52. The summed E-state index contributed by atoms with van der Waals surface area (Å²) in [6.07, 6.45) is 3.26. The van der Waals surface area contributed by atoms with E-state index in [0.717, 1.165) is 19.3 Å². The molecule has 0 fully saturated rings. The first-order chi connectivity index (χ1) is 8.97. The zero-order chi connectivity index (χ0) is 14.7. The first kappa shape index (κ1) is 17.4. The molecule has 0 aromatic rings. The van der Waals surface area contributed by atoms with E-state index in [4.69, 9.17) is 0 Å². The molecule has 0 rings (SSSR count). The van der Waals surface area contributed by atoms with Crippen molar-refractivity contribution in [3.05, 3.63) is 0 Å². The smallest absolute Gasteiger partial charge is 0.307 e. The van der Waals surface area contributed by atoms with Crippen molar-refractivity contribution in [1.82, 2.24) is 10.2 Å². The van der Waals surface area contributed by atoms with Crippen LogP contribution in [0.15, 0.2) is 0 Å². The van der Waals surface area contributed by atoms with Crippen LogP contribution in [0.5, 0.6) is 0 Å². The van der Waals surface area contributed by atoms with E-state index in [1.54, 1.807) is 11.9 Å². The van der Waals surface area contributed by atoms with Crippen molar-refractivity contribution in [2.75, 3.05) is 27.2 Å². The highest BCUT2D eigenvalue weighted by atomic mass is 16.5. The summed E-state index contributed by atoms with van der Waals surface area (Å²) >= 11 is 0. The molecule has 0 atom stereocenters. The number of methoxy groups -OCH3 is 1. The molecule has 0 spiro atoms. The van der Waals surface area contributed by atoms with E-state index in [9.17, 15) is 14.4 Å². The van der Waals surface area contributed by atoms with Crippen LogP contribution < -0.4 is 5.32 Å². The molecule has 6 heteroatoms. The van der Waals surface area contributed by atoms with Gasteiger partial charge in [-0.25, -0.2) is 0 Å². The summed E-state index contributed by atoms with van der Waals surface area (Å²) in [5.41, 5.74) is 0. The second-order valence-corrected chi connectivity index (χ2v) is 4.44. The Balaban J connectivity index is 3.56. The normalized spacial score (nSPS) is 9.84. The van der Waals surface area contributed by atoms with Crippen LogP contribution in [-0.2, 0) is 19.1 Å². The number of carbonyl (C=O) groups excluding carboxylic acids is 3. The van der Waals surface area contributed by atoms with Gasteiger partial charge in [-0.1, -0.05) is 6.42 Å². The fourth-order valence-corrected chi connectivity index (χ4v) is 1.52. The molecule has 0 aromatic carbocycles. The third-order valence-corrected chi connectivity index (χ3v) is 2.75. The average molecular weight is 272 g/mol. The largest absolute Gasteiger partial charge is 0.469 e. The van der Waals surface area contributed by atoms with E-state index < -0.39 is 0 Å². The van der Waals surface area contributed by atoms with Crippen LogP contribution in [-0.4, -0.2) is 49.9 Å². The number of nitrogens with zero attached hydrogens (tertiary/aromatic N) is 1. The Morgan fingerprint density at radius 1 is 1.11 bits per heavy atom. The first-order valence-corrected chi connectivity index (χ1v) is 6.52. The Labute approximate surface area is 114 Å². The molecule has 19 heavy (non-hydrogen) atoms. The Morgan fingerprint density at radius 2 is 1.79 bits per heavy atom. The van der Waals surface area contributed by atoms with Crippen molar-refractivity contribution in [2.45, 2.75) is 39.0 Å². The fraction of sp³-hybridized carbons (Fsp3) is 0.769. The van der Waals surface area contributed by atoms with Crippen LogP contribution in [0, 0.1) is 0 Å². The van der Waals surface area contributed by atoms with Gasteiger partial charge in [0.1, 0.15) is 0 Å². The molecule has 0 aliphatic carbocycles. The SMILES string of the molecule is COC(=O)CCN(C)C(=O)CCCCCNC(C)=O. The standard InChI is InChI=1S/C13H24N2O4/c1-11(16)14-9-6-4-5-7-12(17)15(2)10-8-13(18)19-3/h4-10H2,1-3H3,(H,14,16). The molecule has 2 amide bonds. The number of rotatable bonds is 9. The molecule has 0 aliphatic rings. The number of esters is 1. The number of amides is 2. The third-order valence-electron chi connectivity index (χ3n) is 2.75. The number of unbranched alkanes of at least 4 members (excludes halogenated alkanes) is 2. The molecular weight excluding hydrogens is 248 g/mol. The lowest BCUT2D eigenvalue weighted by atomic mass is 10.2.